The first-order valence-electron chi connectivity index (χ1n) is 38.2. The van der Waals surface area contributed by atoms with Gasteiger partial charge in [0.05, 0.1) is 131 Å². The highest BCUT2D eigenvalue weighted by Gasteiger charge is 2.25. The Labute approximate surface area is 660 Å². The van der Waals surface area contributed by atoms with Crippen molar-refractivity contribution in [3.8, 4) is 68.3 Å². The van der Waals surface area contributed by atoms with Crippen LogP contribution in [0.25, 0.3) is 66.9 Å². The normalized spacial score (nSPS) is 13.5. The van der Waals surface area contributed by atoms with Gasteiger partial charge in [-0.25, -0.2) is 15.0 Å². The molecule has 2 fully saturated rings. The summed E-state index contributed by atoms with van der Waals surface area (Å²) in [5.41, 5.74) is 23.7. The molecule has 0 bridgehead atoms. The van der Waals surface area contributed by atoms with Crippen LogP contribution >= 0.6 is 0 Å². The average molecular weight is 1530 g/mol. The van der Waals surface area contributed by atoms with E-state index in [1.165, 1.54) is 0 Å². The van der Waals surface area contributed by atoms with E-state index < -0.39 is 0 Å². The van der Waals surface area contributed by atoms with Crippen LogP contribution in [0.3, 0.4) is 0 Å². The molecule has 1 amide bonds. The number of rotatable bonds is 27. The monoisotopic (exact) mass is 1530 g/mol. The zero-order valence-electron chi connectivity index (χ0n) is 66.8. The van der Waals surface area contributed by atoms with Crippen LogP contribution < -0.4 is 54.2 Å². The van der Waals surface area contributed by atoms with Gasteiger partial charge in [-0.3, -0.25) is 34.2 Å². The summed E-state index contributed by atoms with van der Waals surface area (Å²) in [6.45, 7) is 14.9. The second-order valence-corrected chi connectivity index (χ2v) is 29.0. The number of likely N-dealkylation sites (tertiary alicyclic amines) is 1. The van der Waals surface area contributed by atoms with Crippen molar-refractivity contribution in [1.82, 2.24) is 73.4 Å². The zero-order valence-corrected chi connectivity index (χ0v) is 66.8. The molecule has 2 saturated heterocycles. The van der Waals surface area contributed by atoms with Crippen molar-refractivity contribution in [2.75, 3.05) is 136 Å². The number of nitrogens with two attached hydrogens (primary N) is 1. The largest absolute Gasteiger partial charge is 0.497 e. The molecule has 7 aromatic heterocycles. The van der Waals surface area contributed by atoms with Gasteiger partial charge in [-0.15, -0.1) is 0 Å². The van der Waals surface area contributed by atoms with Crippen molar-refractivity contribution in [3.05, 3.63) is 201 Å². The fraction of sp³-hybridized carbons (Fsp3) is 0.333. The summed E-state index contributed by atoms with van der Waals surface area (Å²) in [5, 5.41) is 7.33. The number of aromatic nitrogens is 11. The van der Waals surface area contributed by atoms with Gasteiger partial charge in [-0.05, 0) is 125 Å². The van der Waals surface area contributed by atoms with E-state index in [9.17, 15) is 4.79 Å². The molecule has 26 heteroatoms. The Morgan fingerprint density at radius 3 is 1.14 bits per heavy atom. The van der Waals surface area contributed by atoms with Gasteiger partial charge in [0.2, 0.25) is 5.91 Å². The van der Waals surface area contributed by atoms with Crippen molar-refractivity contribution in [1.29, 1.82) is 0 Å². The van der Waals surface area contributed by atoms with Crippen molar-refractivity contribution >= 4 is 73.1 Å². The lowest BCUT2D eigenvalue weighted by atomic mass is 9.97. The summed E-state index contributed by atoms with van der Waals surface area (Å²) < 4.78 is 41.3. The van der Waals surface area contributed by atoms with E-state index in [1.807, 2.05) is 191 Å². The van der Waals surface area contributed by atoms with Crippen molar-refractivity contribution < 1.29 is 33.2 Å². The van der Waals surface area contributed by atoms with Gasteiger partial charge in [0.15, 0.2) is 0 Å². The topological polar surface area (TPSA) is 240 Å². The molecular formula is C87H103N19O7. The number of amides is 1. The van der Waals surface area contributed by atoms with E-state index >= 15 is 0 Å². The third kappa shape index (κ3) is 20.2. The summed E-state index contributed by atoms with van der Waals surface area (Å²) in [6.07, 6.45) is 23.9. The highest BCUT2D eigenvalue weighted by atomic mass is 16.5. The van der Waals surface area contributed by atoms with Gasteiger partial charge in [0.1, 0.15) is 34.5 Å². The maximum atomic E-state index is 12.2. The minimum Gasteiger partial charge on any atom is -0.497 e. The van der Waals surface area contributed by atoms with Crippen LogP contribution in [0.1, 0.15) is 32.3 Å². The molecule has 2 aliphatic rings. The Morgan fingerprint density at radius 2 is 0.805 bits per heavy atom. The van der Waals surface area contributed by atoms with Crippen LogP contribution in [0.4, 0.5) is 34.1 Å². The predicted molar refractivity (Wildman–Crippen MR) is 448 cm³/mol. The molecule has 3 N–H and O–H groups in total. The SMILES string of the molecule is COc1cc(OC)cc(N(CCN2CCC(CN)CC2)c2ccc3ncc(-c4ccn(C)c4)nc3c2)c1.COc1cc(OC)cc(N(CCN2CCN(CC(=O)NC(C)C)CC2)c2ccc3ncc(-c4ccn(C)c4)nc3c2)c1.COc1cc(OC)cc(N(Cc2cnn(C)c2)c2ccc3ncc(-c4ccn(C)c4)nc3c2)c1. The molecule has 0 atom stereocenters. The molecule has 15 rings (SSSR count). The number of fused-ring (bicyclic) bond motifs is 3. The number of methoxy groups -OCH3 is 6. The van der Waals surface area contributed by atoms with Crippen LogP contribution in [0, 0.1) is 5.92 Å². The van der Waals surface area contributed by atoms with Crippen LogP contribution in [0.2, 0.25) is 0 Å². The molecule has 6 aromatic carbocycles. The number of aryl methyl sites for hydroxylation is 4. The highest BCUT2D eigenvalue weighted by Crippen LogP contribution is 2.39. The summed E-state index contributed by atoms with van der Waals surface area (Å²) >= 11 is 0. The van der Waals surface area contributed by atoms with Gasteiger partial charge in [0, 0.05) is 241 Å². The Kier molecular flexibility index (Phi) is 25.7. The highest BCUT2D eigenvalue weighted by molar-refractivity contribution is 5.86. The third-order valence-electron chi connectivity index (χ3n) is 20.5. The fourth-order valence-electron chi connectivity index (χ4n) is 14.3. The quantitative estimate of drug-likeness (QED) is 0.0486. The Hall–Kier alpha value is -12.1. The second kappa shape index (κ2) is 36.8. The molecule has 13 aromatic rings. The average Bonchev–Trinajstić information content (AvgIpc) is 1.65. The smallest absolute Gasteiger partial charge is 0.234 e. The van der Waals surface area contributed by atoms with E-state index in [0.717, 1.165) is 226 Å². The number of carbonyl (C=O) groups is 1. The number of carbonyl (C=O) groups excluding carboxylic acids is 1. The number of ether oxygens (including phenoxy) is 6. The number of anilines is 6. The van der Waals surface area contributed by atoms with Crippen LogP contribution in [-0.4, -0.2) is 201 Å². The molecule has 0 unspecified atom stereocenters. The minimum absolute atomic E-state index is 0.0893. The number of piperazine rings is 1. The zero-order chi connectivity index (χ0) is 79.1. The summed E-state index contributed by atoms with van der Waals surface area (Å²) in [5.74, 6) is 5.16. The number of benzene rings is 6. The number of hydrogen-bond acceptors (Lipinski definition) is 21. The van der Waals surface area contributed by atoms with Gasteiger partial charge >= 0.3 is 0 Å². The predicted octanol–water partition coefficient (Wildman–Crippen LogP) is 13.1. The van der Waals surface area contributed by atoms with Gasteiger partial charge in [-0.1, -0.05) is 0 Å². The lowest BCUT2D eigenvalue weighted by Gasteiger charge is -2.36. The van der Waals surface area contributed by atoms with Crippen molar-refractivity contribution in [3.63, 3.8) is 0 Å². The van der Waals surface area contributed by atoms with E-state index in [1.54, 1.807) is 47.3 Å². The summed E-state index contributed by atoms with van der Waals surface area (Å²) in [6, 6.07) is 42.7. The maximum absolute atomic E-state index is 12.2. The number of nitrogens with one attached hydrogen (secondary N) is 1. The second-order valence-electron chi connectivity index (χ2n) is 29.0. The van der Waals surface area contributed by atoms with E-state index in [-0.39, 0.29) is 11.9 Å². The molecule has 2 aliphatic heterocycles. The minimum atomic E-state index is 0.0893. The molecule has 0 aliphatic carbocycles. The Morgan fingerprint density at radius 1 is 0.442 bits per heavy atom. The van der Waals surface area contributed by atoms with Gasteiger partial charge < -0.3 is 72.8 Å². The Bertz CT molecular complexity index is 5280. The van der Waals surface area contributed by atoms with Crippen LogP contribution in [0.15, 0.2) is 196 Å². The van der Waals surface area contributed by atoms with Crippen molar-refractivity contribution in [2.24, 2.45) is 39.8 Å². The van der Waals surface area contributed by atoms with E-state index in [0.29, 0.717) is 19.0 Å². The molecule has 0 radical (unpaired) electrons. The Balaban J connectivity index is 0.000000149. The van der Waals surface area contributed by atoms with Crippen molar-refractivity contribution in [2.45, 2.75) is 39.3 Å². The lowest BCUT2D eigenvalue weighted by molar-refractivity contribution is -0.123. The fourth-order valence-corrected chi connectivity index (χ4v) is 14.3. The van der Waals surface area contributed by atoms with Gasteiger partial charge in [0.25, 0.3) is 0 Å². The maximum Gasteiger partial charge on any atom is 0.234 e. The van der Waals surface area contributed by atoms with E-state index in [4.69, 9.17) is 49.1 Å². The molecule has 26 nitrogen and oxygen atoms in total. The first kappa shape index (κ1) is 79.0. The number of nitrogens with zero attached hydrogens (tertiary/aromatic N) is 17. The lowest BCUT2D eigenvalue weighted by Crippen LogP contribution is -2.51. The summed E-state index contributed by atoms with van der Waals surface area (Å²) in [7, 11) is 17.9. The standard InChI is InChI=1S/C32H41N7O3.C29H36N6O2.C26H26N6O2/c1-23(2)34-32(40)22-38-12-10-37(11-13-38)14-15-39(26-16-27(41-4)19-28(17-26)42-5)25-6-7-29-30(18-25)35-31(20-33-29)24-8-9-36(3)21-24;1-33-9-8-22(20-33)29-19-31-27-5-4-23(16-28(27)32-29)35(13-12-34-10-6-21(18-30)7-11-34)24-14-25(36-2)17-26(15-24)37-3;1-30-8-7-19(17-30)26-14-27-24-6-5-20(11-25(24)29-26)32(16-18-13-28-31(2)15-18)21-9-22(33-3)12-23(10-21)34-4/h6-9,16-21,23H,10-15,22H2,1-5H3,(H,34,40);4-5,8-9,14-17,19-21H,6-7,10-13,18,30H2,1-3H3;5-15,17H,16H2,1-4H3. The molecular weight excluding hydrogens is 1420 g/mol. The van der Waals surface area contributed by atoms with Crippen LogP contribution in [-0.2, 0) is 39.5 Å². The molecule has 0 spiro atoms. The molecule has 588 valence electrons. The van der Waals surface area contributed by atoms with Gasteiger partial charge in [-0.2, -0.15) is 5.10 Å². The molecule has 113 heavy (non-hydrogen) atoms. The van der Waals surface area contributed by atoms with Crippen LogP contribution in [0.5, 0.6) is 34.5 Å². The first-order valence-corrected chi connectivity index (χ1v) is 38.2. The first-order chi connectivity index (χ1) is 54.9. The number of piperidine rings is 1. The third-order valence-corrected chi connectivity index (χ3v) is 20.5. The van der Waals surface area contributed by atoms with E-state index in [2.05, 4.69) is 116 Å². The molecule has 9 heterocycles. The molecule has 0 saturated carbocycles. The number of hydrogen-bond donors (Lipinski definition) is 2. The summed E-state index contributed by atoms with van der Waals surface area (Å²) in [4.78, 5) is 55.1.